The number of methoxy groups -OCH3 is 1. The van der Waals surface area contributed by atoms with Crippen LogP contribution in [-0.4, -0.2) is 18.3 Å². The summed E-state index contributed by atoms with van der Waals surface area (Å²) in [6.45, 7) is 1.49. The monoisotopic (exact) mass is 294 g/mol. The van der Waals surface area contributed by atoms with E-state index in [0.717, 1.165) is 6.54 Å². The Bertz CT molecular complexity index is 734. The molecule has 0 bridgehead atoms. The first-order chi connectivity index (χ1) is 10.8. The molecule has 0 amide bonds. The molecule has 3 aromatic rings. The maximum absolute atomic E-state index is 5.37. The molecule has 1 unspecified atom stereocenters. The minimum Gasteiger partial charge on any atom is -0.383 e. The number of para-hydroxylation sites is 1. The molecule has 22 heavy (non-hydrogen) atoms. The Hall–Kier alpha value is -2.10. The number of rotatable bonds is 6. The Balaban J connectivity index is 1.79. The number of benzene rings is 2. The molecule has 3 rings (SSSR count). The van der Waals surface area contributed by atoms with Crippen LogP contribution in [0, 0.1) is 0 Å². The van der Waals surface area contributed by atoms with Crippen molar-refractivity contribution >= 4 is 10.9 Å². The third-order valence-corrected chi connectivity index (χ3v) is 4.05. The molecular formula is C19H22N2O. The van der Waals surface area contributed by atoms with Crippen LogP contribution in [0.5, 0.6) is 0 Å². The van der Waals surface area contributed by atoms with Gasteiger partial charge in [-0.2, -0.15) is 0 Å². The summed E-state index contributed by atoms with van der Waals surface area (Å²) in [6, 6.07) is 19.2. The van der Waals surface area contributed by atoms with Crippen LogP contribution in [0.1, 0.15) is 17.2 Å². The van der Waals surface area contributed by atoms with E-state index in [-0.39, 0.29) is 6.04 Å². The summed E-state index contributed by atoms with van der Waals surface area (Å²) in [7, 11) is 3.84. The molecule has 0 fully saturated rings. The van der Waals surface area contributed by atoms with E-state index in [4.69, 9.17) is 4.74 Å². The second kappa shape index (κ2) is 6.77. The zero-order valence-electron chi connectivity index (χ0n) is 13.1. The predicted molar refractivity (Wildman–Crippen MR) is 90.8 cm³/mol. The van der Waals surface area contributed by atoms with Gasteiger partial charge < -0.3 is 14.6 Å². The molecule has 114 valence electrons. The van der Waals surface area contributed by atoms with Crippen LogP contribution < -0.4 is 5.32 Å². The first kappa shape index (κ1) is 14.8. The van der Waals surface area contributed by atoms with Crippen molar-refractivity contribution in [1.29, 1.82) is 0 Å². The van der Waals surface area contributed by atoms with E-state index < -0.39 is 0 Å². The highest BCUT2D eigenvalue weighted by Gasteiger charge is 2.12. The summed E-state index contributed by atoms with van der Waals surface area (Å²) in [5, 5.41) is 4.93. The Labute approximate surface area is 131 Å². The summed E-state index contributed by atoms with van der Waals surface area (Å²) in [5.74, 6) is 0. The van der Waals surface area contributed by atoms with E-state index in [9.17, 15) is 0 Å². The molecule has 2 aromatic carbocycles. The molecule has 3 nitrogen and oxygen atoms in total. The molecule has 0 aliphatic carbocycles. The van der Waals surface area contributed by atoms with Gasteiger partial charge in [0, 0.05) is 37.8 Å². The van der Waals surface area contributed by atoms with E-state index in [2.05, 4.69) is 71.7 Å². The van der Waals surface area contributed by atoms with E-state index in [0.29, 0.717) is 6.61 Å². The summed E-state index contributed by atoms with van der Waals surface area (Å²) in [5.41, 5.74) is 3.84. The fourth-order valence-electron chi connectivity index (χ4n) is 2.92. The number of aromatic nitrogens is 1. The second-order valence-electron chi connectivity index (χ2n) is 5.58. The summed E-state index contributed by atoms with van der Waals surface area (Å²) >= 11 is 0. The van der Waals surface area contributed by atoms with Gasteiger partial charge in [-0.05, 0) is 17.2 Å². The fraction of sp³-hybridized carbons (Fsp3) is 0.263. The average molecular weight is 294 g/mol. The third kappa shape index (κ3) is 3.06. The zero-order valence-corrected chi connectivity index (χ0v) is 13.1. The normalized spacial score (nSPS) is 12.6. The van der Waals surface area contributed by atoms with Gasteiger partial charge in [-0.15, -0.1) is 0 Å². The van der Waals surface area contributed by atoms with Crippen molar-refractivity contribution in [1.82, 2.24) is 9.88 Å². The van der Waals surface area contributed by atoms with Crippen molar-refractivity contribution in [2.75, 3.05) is 13.7 Å². The Morgan fingerprint density at radius 1 is 1.05 bits per heavy atom. The summed E-state index contributed by atoms with van der Waals surface area (Å²) < 4.78 is 7.55. The van der Waals surface area contributed by atoms with Gasteiger partial charge in [-0.25, -0.2) is 0 Å². The van der Waals surface area contributed by atoms with Gasteiger partial charge in [0.1, 0.15) is 0 Å². The topological polar surface area (TPSA) is 26.2 Å². The van der Waals surface area contributed by atoms with Gasteiger partial charge in [-0.1, -0.05) is 48.5 Å². The van der Waals surface area contributed by atoms with Gasteiger partial charge in [0.2, 0.25) is 0 Å². The highest BCUT2D eigenvalue weighted by Crippen LogP contribution is 2.21. The largest absolute Gasteiger partial charge is 0.383 e. The Morgan fingerprint density at radius 3 is 2.55 bits per heavy atom. The molecule has 1 N–H and O–H groups in total. The lowest BCUT2D eigenvalue weighted by Gasteiger charge is -2.18. The molecule has 0 aliphatic rings. The maximum atomic E-state index is 5.37. The van der Waals surface area contributed by atoms with Crippen molar-refractivity contribution in [3.05, 3.63) is 71.9 Å². The molecule has 1 atom stereocenters. The molecular weight excluding hydrogens is 272 g/mol. The molecule has 0 aliphatic heterocycles. The Morgan fingerprint density at radius 2 is 1.77 bits per heavy atom. The highest BCUT2D eigenvalue weighted by molar-refractivity contribution is 5.83. The Kier molecular flexibility index (Phi) is 4.56. The van der Waals surface area contributed by atoms with Gasteiger partial charge in [-0.3, -0.25) is 0 Å². The van der Waals surface area contributed by atoms with Crippen LogP contribution in [0.2, 0.25) is 0 Å². The zero-order chi connectivity index (χ0) is 15.4. The minimum atomic E-state index is 0.199. The van der Waals surface area contributed by atoms with Crippen LogP contribution in [0.3, 0.4) is 0 Å². The minimum absolute atomic E-state index is 0.199. The third-order valence-electron chi connectivity index (χ3n) is 4.05. The fourth-order valence-corrected chi connectivity index (χ4v) is 2.92. The highest BCUT2D eigenvalue weighted by atomic mass is 16.5. The van der Waals surface area contributed by atoms with Gasteiger partial charge in [0.15, 0.2) is 0 Å². The van der Waals surface area contributed by atoms with E-state index in [1.807, 2.05) is 6.07 Å². The van der Waals surface area contributed by atoms with Gasteiger partial charge in [0.05, 0.1) is 12.6 Å². The molecule has 0 radical (unpaired) electrons. The molecule has 1 heterocycles. The summed E-state index contributed by atoms with van der Waals surface area (Å²) in [4.78, 5) is 0. The number of nitrogens with zero attached hydrogens (tertiary/aromatic N) is 1. The number of nitrogens with one attached hydrogen (secondary N) is 1. The van der Waals surface area contributed by atoms with Gasteiger partial charge in [0.25, 0.3) is 0 Å². The number of aryl methyl sites for hydroxylation is 1. The smallest absolute Gasteiger partial charge is 0.0657 e. The molecule has 0 saturated carbocycles. The van der Waals surface area contributed by atoms with Crippen LogP contribution >= 0.6 is 0 Å². The first-order valence-electron chi connectivity index (χ1n) is 7.60. The van der Waals surface area contributed by atoms with Crippen LogP contribution in [-0.2, 0) is 18.3 Å². The average Bonchev–Trinajstić information content (AvgIpc) is 2.89. The van der Waals surface area contributed by atoms with Gasteiger partial charge >= 0.3 is 0 Å². The van der Waals surface area contributed by atoms with E-state index in [1.54, 1.807) is 7.11 Å². The number of hydrogen-bond acceptors (Lipinski definition) is 2. The van der Waals surface area contributed by atoms with Crippen molar-refractivity contribution in [2.45, 2.75) is 12.6 Å². The maximum Gasteiger partial charge on any atom is 0.0657 e. The molecule has 0 spiro atoms. The lowest BCUT2D eigenvalue weighted by atomic mass is 10.1. The second-order valence-corrected chi connectivity index (χ2v) is 5.58. The van der Waals surface area contributed by atoms with Crippen molar-refractivity contribution in [3.8, 4) is 0 Å². The van der Waals surface area contributed by atoms with Crippen molar-refractivity contribution in [2.24, 2.45) is 7.05 Å². The quantitative estimate of drug-likeness (QED) is 0.751. The van der Waals surface area contributed by atoms with Crippen molar-refractivity contribution < 1.29 is 4.74 Å². The van der Waals surface area contributed by atoms with Crippen LogP contribution in [0.4, 0.5) is 0 Å². The van der Waals surface area contributed by atoms with Crippen molar-refractivity contribution in [3.63, 3.8) is 0 Å². The molecule has 3 heteroatoms. The predicted octanol–water partition coefficient (Wildman–Crippen LogP) is 3.66. The van der Waals surface area contributed by atoms with Crippen LogP contribution in [0.25, 0.3) is 10.9 Å². The molecule has 0 saturated heterocycles. The lowest BCUT2D eigenvalue weighted by Crippen LogP contribution is -2.24. The standard InChI is InChI=1S/C19H22N2O/c1-21-13-16(17-10-6-7-11-19(17)21)12-20-18(14-22-2)15-8-4-3-5-9-15/h3-11,13,18,20H,12,14H2,1-2H3. The number of ether oxygens (including phenoxy) is 1. The lowest BCUT2D eigenvalue weighted by molar-refractivity contribution is 0.166. The van der Waals surface area contributed by atoms with E-state index in [1.165, 1.54) is 22.0 Å². The van der Waals surface area contributed by atoms with E-state index >= 15 is 0 Å². The first-order valence-corrected chi connectivity index (χ1v) is 7.60. The van der Waals surface area contributed by atoms with Crippen LogP contribution in [0.15, 0.2) is 60.8 Å². The number of fused-ring (bicyclic) bond motifs is 1. The summed E-state index contributed by atoms with van der Waals surface area (Å²) in [6.07, 6.45) is 2.20. The SMILES string of the molecule is COCC(NCc1cn(C)c2ccccc12)c1ccccc1. The molecule has 1 aromatic heterocycles. The number of hydrogen-bond donors (Lipinski definition) is 1.